The molecule has 2 aromatic heterocycles. The van der Waals surface area contributed by atoms with Crippen molar-refractivity contribution in [2.75, 3.05) is 6.61 Å². The summed E-state index contributed by atoms with van der Waals surface area (Å²) >= 11 is 1.35. The Kier molecular flexibility index (Phi) is 5.63. The minimum atomic E-state index is -4.35. The van der Waals surface area contributed by atoms with Crippen molar-refractivity contribution in [1.82, 2.24) is 19.8 Å². The summed E-state index contributed by atoms with van der Waals surface area (Å²) in [6.07, 6.45) is -4.35. The van der Waals surface area contributed by atoms with Crippen molar-refractivity contribution in [3.8, 4) is 17.1 Å². The molecule has 0 aliphatic carbocycles. The number of hydrogen-bond donors (Lipinski definition) is 0. The number of aromatic nitrogens is 4. The van der Waals surface area contributed by atoms with Gasteiger partial charge in [-0.25, -0.2) is 0 Å². The lowest BCUT2D eigenvalue weighted by molar-refractivity contribution is -0.137. The number of alkyl halides is 3. The molecule has 0 fully saturated rings. The maximum absolute atomic E-state index is 12.9. The maximum Gasteiger partial charge on any atom is 0.416 e. The van der Waals surface area contributed by atoms with E-state index >= 15 is 0 Å². The Morgan fingerprint density at radius 2 is 1.80 bits per heavy atom. The molecule has 0 bridgehead atoms. The first kappa shape index (κ1) is 20.2. The zero-order valence-electron chi connectivity index (χ0n) is 15.9. The fraction of sp³-hybridized carbons (Fsp3) is 0.190. The van der Waals surface area contributed by atoms with Gasteiger partial charge < -0.3 is 4.74 Å². The maximum atomic E-state index is 12.9. The highest BCUT2D eigenvalue weighted by molar-refractivity contribution is 7.98. The van der Waals surface area contributed by atoms with E-state index in [1.54, 1.807) is 22.7 Å². The van der Waals surface area contributed by atoms with Crippen molar-refractivity contribution in [1.29, 1.82) is 0 Å². The molecule has 0 aliphatic rings. The standard InChI is InChI=1S/C21H17F3N4OS/c1-2-29-17-8-6-15(7-9-17)20-26-25-18-10-11-19(27-28(18)20)30-13-14-4-3-5-16(12-14)21(22,23)24/h3-12H,2,13H2,1H3. The molecule has 0 N–H and O–H groups in total. The first-order valence-corrected chi connectivity index (χ1v) is 10.2. The van der Waals surface area contributed by atoms with Gasteiger partial charge in [0.25, 0.3) is 0 Å². The molecule has 2 heterocycles. The third-order valence-electron chi connectivity index (χ3n) is 4.30. The lowest BCUT2D eigenvalue weighted by Gasteiger charge is -2.08. The summed E-state index contributed by atoms with van der Waals surface area (Å²) < 4.78 is 45.8. The normalized spacial score (nSPS) is 11.7. The highest BCUT2D eigenvalue weighted by Gasteiger charge is 2.30. The molecule has 0 unspecified atom stereocenters. The molecule has 0 amide bonds. The third kappa shape index (κ3) is 4.40. The van der Waals surface area contributed by atoms with Gasteiger partial charge in [-0.15, -0.1) is 10.2 Å². The molecule has 2 aromatic carbocycles. The topological polar surface area (TPSA) is 52.3 Å². The molecule has 5 nitrogen and oxygen atoms in total. The summed E-state index contributed by atoms with van der Waals surface area (Å²) in [5.41, 5.74) is 1.34. The van der Waals surface area contributed by atoms with E-state index in [2.05, 4.69) is 15.3 Å². The molecule has 154 valence electrons. The number of ether oxygens (including phenoxy) is 1. The van der Waals surface area contributed by atoms with Gasteiger partial charge in [-0.1, -0.05) is 30.0 Å². The molecular weight excluding hydrogens is 413 g/mol. The van der Waals surface area contributed by atoms with Gasteiger partial charge in [-0.3, -0.25) is 0 Å². The van der Waals surface area contributed by atoms with E-state index in [9.17, 15) is 13.2 Å². The first-order chi connectivity index (χ1) is 14.4. The van der Waals surface area contributed by atoms with Crippen LogP contribution in [0.1, 0.15) is 18.1 Å². The number of rotatable bonds is 6. The van der Waals surface area contributed by atoms with Crippen LogP contribution < -0.4 is 4.74 Å². The Bertz CT molecular complexity index is 1160. The fourth-order valence-corrected chi connectivity index (χ4v) is 3.69. The molecule has 0 radical (unpaired) electrons. The van der Waals surface area contributed by atoms with Crippen molar-refractivity contribution in [2.45, 2.75) is 23.9 Å². The number of nitrogens with zero attached hydrogens (tertiary/aromatic N) is 4. The summed E-state index contributed by atoms with van der Waals surface area (Å²) in [7, 11) is 0. The summed E-state index contributed by atoms with van der Waals surface area (Å²) in [5, 5.41) is 13.6. The average molecular weight is 430 g/mol. The van der Waals surface area contributed by atoms with Gasteiger partial charge in [-0.05, 0) is 55.0 Å². The molecule has 0 aliphatic heterocycles. The van der Waals surface area contributed by atoms with Crippen LogP contribution in [-0.2, 0) is 11.9 Å². The van der Waals surface area contributed by atoms with Gasteiger partial charge in [0, 0.05) is 11.3 Å². The molecule has 30 heavy (non-hydrogen) atoms. The quantitative estimate of drug-likeness (QED) is 0.378. The van der Waals surface area contributed by atoms with Gasteiger partial charge >= 0.3 is 6.18 Å². The van der Waals surface area contributed by atoms with E-state index in [1.807, 2.05) is 31.2 Å². The lowest BCUT2D eigenvalue weighted by Crippen LogP contribution is -2.05. The van der Waals surface area contributed by atoms with Crippen molar-refractivity contribution < 1.29 is 17.9 Å². The summed E-state index contributed by atoms with van der Waals surface area (Å²) in [6, 6.07) is 16.4. The fourth-order valence-electron chi connectivity index (χ4n) is 2.89. The third-order valence-corrected chi connectivity index (χ3v) is 5.29. The van der Waals surface area contributed by atoms with E-state index in [0.29, 0.717) is 34.4 Å². The summed E-state index contributed by atoms with van der Waals surface area (Å²) in [4.78, 5) is 0. The largest absolute Gasteiger partial charge is 0.494 e. The predicted molar refractivity (Wildman–Crippen MR) is 108 cm³/mol. The first-order valence-electron chi connectivity index (χ1n) is 9.18. The van der Waals surface area contributed by atoms with Gasteiger partial charge in [0.15, 0.2) is 11.5 Å². The van der Waals surface area contributed by atoms with E-state index in [-0.39, 0.29) is 0 Å². The SMILES string of the molecule is CCOc1ccc(-c2nnc3ccc(SCc4cccc(C(F)(F)F)c4)nn23)cc1. The minimum absolute atomic E-state index is 0.364. The Labute approximate surface area is 174 Å². The van der Waals surface area contributed by atoms with Crippen molar-refractivity contribution in [3.05, 3.63) is 71.8 Å². The van der Waals surface area contributed by atoms with E-state index in [0.717, 1.165) is 23.4 Å². The molecule has 9 heteroatoms. The van der Waals surface area contributed by atoms with Crippen LogP contribution in [0.5, 0.6) is 5.75 Å². The zero-order chi connectivity index (χ0) is 21.1. The van der Waals surface area contributed by atoms with Crippen LogP contribution >= 0.6 is 11.8 Å². The minimum Gasteiger partial charge on any atom is -0.494 e. The predicted octanol–water partition coefficient (Wildman–Crippen LogP) is 5.50. The van der Waals surface area contributed by atoms with E-state index in [4.69, 9.17) is 4.74 Å². The highest BCUT2D eigenvalue weighted by atomic mass is 32.2. The lowest BCUT2D eigenvalue weighted by atomic mass is 10.1. The van der Waals surface area contributed by atoms with Crippen molar-refractivity contribution >= 4 is 17.4 Å². The monoisotopic (exact) mass is 430 g/mol. The summed E-state index contributed by atoms with van der Waals surface area (Å²) in [5.74, 6) is 1.71. The second kappa shape index (κ2) is 8.35. The molecular formula is C21H17F3N4OS. The van der Waals surface area contributed by atoms with Crippen LogP contribution in [0.4, 0.5) is 13.2 Å². The van der Waals surface area contributed by atoms with Crippen LogP contribution in [0.15, 0.2) is 65.7 Å². The second-order valence-electron chi connectivity index (χ2n) is 6.41. The van der Waals surface area contributed by atoms with Gasteiger partial charge in [0.05, 0.1) is 12.2 Å². The molecule has 0 saturated carbocycles. The van der Waals surface area contributed by atoms with Gasteiger partial charge in [0.1, 0.15) is 10.8 Å². The Hall–Kier alpha value is -3.07. The zero-order valence-corrected chi connectivity index (χ0v) is 16.7. The molecule has 0 saturated heterocycles. The average Bonchev–Trinajstić information content (AvgIpc) is 3.16. The van der Waals surface area contributed by atoms with Gasteiger partial charge in [0.2, 0.25) is 0 Å². The number of benzene rings is 2. The van der Waals surface area contributed by atoms with Crippen molar-refractivity contribution in [3.63, 3.8) is 0 Å². The molecule has 4 rings (SSSR count). The van der Waals surface area contributed by atoms with Crippen LogP contribution in [0.2, 0.25) is 0 Å². The van der Waals surface area contributed by atoms with Crippen LogP contribution in [0.3, 0.4) is 0 Å². The Morgan fingerprint density at radius 3 is 2.53 bits per heavy atom. The smallest absolute Gasteiger partial charge is 0.416 e. The van der Waals surface area contributed by atoms with E-state index < -0.39 is 11.7 Å². The molecule has 0 atom stereocenters. The van der Waals surface area contributed by atoms with E-state index in [1.165, 1.54) is 17.8 Å². The van der Waals surface area contributed by atoms with Gasteiger partial charge in [-0.2, -0.15) is 22.8 Å². The van der Waals surface area contributed by atoms with Crippen LogP contribution in [0, 0.1) is 0 Å². The number of hydrogen-bond acceptors (Lipinski definition) is 5. The molecule has 4 aromatic rings. The van der Waals surface area contributed by atoms with Crippen LogP contribution in [0.25, 0.3) is 17.0 Å². The number of halogens is 3. The number of fused-ring (bicyclic) bond motifs is 1. The highest BCUT2D eigenvalue weighted by Crippen LogP contribution is 2.31. The Morgan fingerprint density at radius 1 is 1.00 bits per heavy atom. The summed E-state index contributed by atoms with van der Waals surface area (Å²) in [6.45, 7) is 2.50. The number of thioether (sulfide) groups is 1. The van der Waals surface area contributed by atoms with Crippen LogP contribution in [-0.4, -0.2) is 26.4 Å². The van der Waals surface area contributed by atoms with Crippen molar-refractivity contribution in [2.24, 2.45) is 0 Å². The second-order valence-corrected chi connectivity index (χ2v) is 7.41. The molecule has 0 spiro atoms. The Balaban J connectivity index is 1.56.